The van der Waals surface area contributed by atoms with Crippen LogP contribution in [0, 0.1) is 0 Å². The molecule has 0 unspecified atom stereocenters. The first-order chi connectivity index (χ1) is 5.65. The molecule has 5 heteroatoms. The Hall–Kier alpha value is -0.420. The molecule has 0 aliphatic carbocycles. The van der Waals surface area contributed by atoms with E-state index in [-0.39, 0.29) is 5.69 Å². The summed E-state index contributed by atoms with van der Waals surface area (Å²) in [4.78, 5) is 15.3. The Morgan fingerprint density at radius 3 is 2.92 bits per heavy atom. The van der Waals surface area contributed by atoms with Gasteiger partial charge in [0, 0.05) is 4.88 Å². The lowest BCUT2D eigenvalue weighted by atomic mass is 10.2. The fraction of sp³-hybridized carbons (Fsp3) is 0.429. The summed E-state index contributed by atoms with van der Waals surface area (Å²) < 4.78 is 0.642. The highest BCUT2D eigenvalue weighted by molar-refractivity contribution is 9.11. The van der Waals surface area contributed by atoms with Gasteiger partial charge in [-0.2, -0.15) is 0 Å². The maximum absolute atomic E-state index is 10.6. The summed E-state index contributed by atoms with van der Waals surface area (Å²) >= 11 is 4.56. The number of aromatic nitrogens is 1. The summed E-state index contributed by atoms with van der Waals surface area (Å²) in [5.74, 6) is -0.944. The first-order valence-electron chi connectivity index (χ1n) is 3.53. The normalized spacial score (nSPS) is 10.2. The van der Waals surface area contributed by atoms with Crippen LogP contribution >= 0.6 is 27.3 Å². The van der Waals surface area contributed by atoms with Crippen LogP contribution in [0.1, 0.15) is 28.7 Å². The van der Waals surface area contributed by atoms with Gasteiger partial charge in [-0.1, -0.05) is 13.3 Å². The molecule has 1 rings (SSSR count). The molecule has 0 radical (unpaired) electrons. The van der Waals surface area contributed by atoms with Crippen molar-refractivity contribution < 1.29 is 9.90 Å². The molecule has 66 valence electrons. The van der Waals surface area contributed by atoms with Crippen molar-refractivity contribution in [3.05, 3.63) is 14.5 Å². The zero-order chi connectivity index (χ0) is 9.14. The van der Waals surface area contributed by atoms with Gasteiger partial charge in [0.2, 0.25) is 0 Å². The van der Waals surface area contributed by atoms with Crippen molar-refractivity contribution in [2.75, 3.05) is 0 Å². The van der Waals surface area contributed by atoms with Crippen LogP contribution in [0.25, 0.3) is 0 Å². The van der Waals surface area contributed by atoms with Crippen LogP contribution in [0.3, 0.4) is 0 Å². The molecular weight excluding hydrogens is 242 g/mol. The first kappa shape index (κ1) is 9.67. The SMILES string of the molecule is CCCc1sc(Br)nc1C(=O)O. The van der Waals surface area contributed by atoms with Crippen LogP contribution in [0.2, 0.25) is 0 Å². The lowest BCUT2D eigenvalue weighted by molar-refractivity contribution is 0.0690. The number of aromatic carboxylic acids is 1. The zero-order valence-electron chi connectivity index (χ0n) is 6.50. The molecule has 12 heavy (non-hydrogen) atoms. The Bertz CT molecular complexity index is 298. The van der Waals surface area contributed by atoms with Crippen molar-refractivity contribution in [2.45, 2.75) is 19.8 Å². The smallest absolute Gasteiger partial charge is 0.355 e. The summed E-state index contributed by atoms with van der Waals surface area (Å²) in [5, 5.41) is 8.73. The Balaban J connectivity index is 2.99. The maximum atomic E-state index is 10.6. The Kier molecular flexibility index (Phi) is 3.22. The molecule has 0 aliphatic rings. The van der Waals surface area contributed by atoms with Crippen molar-refractivity contribution >= 4 is 33.2 Å². The highest BCUT2D eigenvalue weighted by Gasteiger charge is 2.14. The average Bonchev–Trinajstić information content (AvgIpc) is 2.32. The number of aryl methyl sites for hydroxylation is 1. The van der Waals surface area contributed by atoms with Crippen molar-refractivity contribution in [2.24, 2.45) is 0 Å². The Morgan fingerprint density at radius 1 is 1.75 bits per heavy atom. The standard InChI is InChI=1S/C7H8BrNO2S/c1-2-3-4-5(6(10)11)9-7(8)12-4/h2-3H2,1H3,(H,10,11). The summed E-state index contributed by atoms with van der Waals surface area (Å²) in [6.45, 7) is 2.01. The topological polar surface area (TPSA) is 50.2 Å². The number of carboxylic acid groups (broad SMARTS) is 1. The largest absolute Gasteiger partial charge is 0.476 e. The monoisotopic (exact) mass is 249 g/mol. The highest BCUT2D eigenvalue weighted by atomic mass is 79.9. The van der Waals surface area contributed by atoms with E-state index in [2.05, 4.69) is 20.9 Å². The van der Waals surface area contributed by atoms with E-state index in [1.165, 1.54) is 11.3 Å². The van der Waals surface area contributed by atoms with Crippen LogP contribution < -0.4 is 0 Å². The molecule has 0 fully saturated rings. The van der Waals surface area contributed by atoms with Gasteiger partial charge in [-0.15, -0.1) is 11.3 Å². The van der Waals surface area contributed by atoms with Crippen molar-refractivity contribution in [1.82, 2.24) is 4.98 Å². The molecule has 1 aromatic heterocycles. The van der Waals surface area contributed by atoms with Crippen LogP contribution in [0.4, 0.5) is 0 Å². The van der Waals surface area contributed by atoms with Gasteiger partial charge in [0.15, 0.2) is 9.61 Å². The molecule has 0 atom stereocenters. The van der Waals surface area contributed by atoms with Crippen molar-refractivity contribution in [3.63, 3.8) is 0 Å². The second-order valence-corrected chi connectivity index (χ2v) is 4.65. The minimum absolute atomic E-state index is 0.189. The third kappa shape index (κ3) is 2.04. The van der Waals surface area contributed by atoms with Crippen LogP contribution in [-0.4, -0.2) is 16.1 Å². The molecule has 0 bridgehead atoms. The molecule has 0 amide bonds. The van der Waals surface area contributed by atoms with E-state index >= 15 is 0 Å². The van der Waals surface area contributed by atoms with Crippen LogP contribution in [0.15, 0.2) is 3.92 Å². The zero-order valence-corrected chi connectivity index (χ0v) is 8.91. The number of thiazole rings is 1. The molecule has 1 aromatic rings. The number of nitrogens with zero attached hydrogens (tertiary/aromatic N) is 1. The van der Waals surface area contributed by atoms with E-state index in [1.807, 2.05) is 6.92 Å². The Labute approximate surface area is 82.6 Å². The van der Waals surface area contributed by atoms with Crippen LogP contribution in [-0.2, 0) is 6.42 Å². The second kappa shape index (κ2) is 4.00. The molecule has 3 nitrogen and oxygen atoms in total. The predicted molar refractivity (Wildman–Crippen MR) is 50.8 cm³/mol. The molecule has 0 saturated heterocycles. The molecule has 1 heterocycles. The van der Waals surface area contributed by atoms with Gasteiger partial charge < -0.3 is 5.11 Å². The van der Waals surface area contributed by atoms with Gasteiger partial charge in [0.1, 0.15) is 0 Å². The number of rotatable bonds is 3. The number of carboxylic acids is 1. The van der Waals surface area contributed by atoms with Crippen LogP contribution in [0.5, 0.6) is 0 Å². The summed E-state index contributed by atoms with van der Waals surface area (Å²) in [6.07, 6.45) is 1.72. The van der Waals surface area contributed by atoms with Gasteiger partial charge in [-0.25, -0.2) is 9.78 Å². The molecular formula is C7H8BrNO2S. The van der Waals surface area contributed by atoms with Gasteiger partial charge in [0.25, 0.3) is 0 Å². The van der Waals surface area contributed by atoms with Crippen molar-refractivity contribution in [3.8, 4) is 0 Å². The number of halogens is 1. The summed E-state index contributed by atoms with van der Waals surface area (Å²) in [6, 6.07) is 0. The quantitative estimate of drug-likeness (QED) is 0.896. The van der Waals surface area contributed by atoms with E-state index in [0.717, 1.165) is 17.7 Å². The van der Waals surface area contributed by atoms with Crippen molar-refractivity contribution in [1.29, 1.82) is 0 Å². The third-order valence-electron chi connectivity index (χ3n) is 1.35. The lowest BCUT2D eigenvalue weighted by Crippen LogP contribution is -2.00. The minimum atomic E-state index is -0.944. The second-order valence-electron chi connectivity index (χ2n) is 2.29. The highest BCUT2D eigenvalue weighted by Crippen LogP contribution is 2.24. The van der Waals surface area contributed by atoms with Gasteiger partial charge in [0.05, 0.1) is 0 Å². The first-order valence-corrected chi connectivity index (χ1v) is 5.14. The molecule has 0 aliphatic heterocycles. The van der Waals surface area contributed by atoms with Gasteiger partial charge in [-0.3, -0.25) is 0 Å². The minimum Gasteiger partial charge on any atom is -0.476 e. The summed E-state index contributed by atoms with van der Waals surface area (Å²) in [5.41, 5.74) is 0.189. The van der Waals surface area contributed by atoms with Gasteiger partial charge in [-0.05, 0) is 22.4 Å². The van der Waals surface area contributed by atoms with Gasteiger partial charge >= 0.3 is 5.97 Å². The lowest BCUT2D eigenvalue weighted by Gasteiger charge is -1.92. The van der Waals surface area contributed by atoms with E-state index < -0.39 is 5.97 Å². The molecule has 1 N–H and O–H groups in total. The average molecular weight is 250 g/mol. The maximum Gasteiger partial charge on any atom is 0.355 e. The third-order valence-corrected chi connectivity index (χ3v) is 2.92. The fourth-order valence-electron chi connectivity index (χ4n) is 0.887. The molecule has 0 saturated carbocycles. The van der Waals surface area contributed by atoms with E-state index in [9.17, 15) is 4.79 Å². The number of hydrogen-bond acceptors (Lipinski definition) is 3. The predicted octanol–water partition coefficient (Wildman–Crippen LogP) is 2.56. The molecule has 0 aromatic carbocycles. The number of hydrogen-bond donors (Lipinski definition) is 1. The van der Waals surface area contributed by atoms with E-state index in [1.54, 1.807) is 0 Å². The van der Waals surface area contributed by atoms with E-state index in [4.69, 9.17) is 5.11 Å². The number of carbonyl (C=O) groups is 1. The molecule has 0 spiro atoms. The van der Waals surface area contributed by atoms with E-state index in [0.29, 0.717) is 3.92 Å². The summed E-state index contributed by atoms with van der Waals surface area (Å²) in [7, 11) is 0. The fourth-order valence-corrected chi connectivity index (χ4v) is 2.53. The Morgan fingerprint density at radius 2 is 2.42 bits per heavy atom.